The van der Waals surface area contributed by atoms with Crippen molar-refractivity contribution < 1.29 is 18.9 Å². The molecule has 12 unspecified atom stereocenters. The highest BCUT2D eigenvalue weighted by atomic mass is 16.5. The first-order valence-corrected chi connectivity index (χ1v) is 19.7. The van der Waals surface area contributed by atoms with E-state index in [1.807, 2.05) is 28.4 Å². The monoisotopic (exact) mass is 673 g/mol. The zero-order valence-electron chi connectivity index (χ0n) is 29.7. The lowest BCUT2D eigenvalue weighted by Crippen LogP contribution is -2.61. The SMILES string of the molecule is COC1CCC2C3NC(NC4NC(NC5NC(NC6NC(N3)C3CC(OC)CCC63)C3CC(OC)CCC53)C3CC(OC)CCC43)C2C1. The largest absolute Gasteiger partial charge is 0.381 e. The molecule has 0 amide bonds. The Bertz CT molecular complexity index is 956. The molecular weight excluding hydrogens is 608 g/mol. The average molecular weight is 673 g/mol. The topological polar surface area (TPSA) is 133 Å². The zero-order valence-corrected chi connectivity index (χ0v) is 29.7. The normalized spacial score (nSPS) is 56.2. The summed E-state index contributed by atoms with van der Waals surface area (Å²) in [6.45, 7) is 0. The summed E-state index contributed by atoms with van der Waals surface area (Å²) in [6, 6.07) is 0. The fourth-order valence-corrected chi connectivity index (χ4v) is 12.7. The van der Waals surface area contributed by atoms with Crippen molar-refractivity contribution >= 4 is 0 Å². The molecule has 9 aliphatic rings. The predicted molar refractivity (Wildman–Crippen MR) is 182 cm³/mol. The number of methoxy groups -OCH3 is 4. The molecule has 5 aliphatic heterocycles. The maximum atomic E-state index is 6.00. The molecule has 12 heteroatoms. The van der Waals surface area contributed by atoms with E-state index in [4.69, 9.17) is 18.9 Å². The van der Waals surface area contributed by atoms with Crippen LogP contribution in [0.5, 0.6) is 0 Å². The number of hydrogen-bond acceptors (Lipinski definition) is 12. The molecule has 4 saturated carbocycles. The quantitative estimate of drug-likeness (QED) is 0.218. The predicted octanol–water partition coefficient (Wildman–Crippen LogP) is 1.11. The van der Waals surface area contributed by atoms with Crippen LogP contribution >= 0.6 is 0 Å². The number of ether oxygens (including phenoxy) is 4. The Hall–Kier alpha value is -0.480. The summed E-state index contributed by atoms with van der Waals surface area (Å²) in [5, 5.41) is 33.6. The summed E-state index contributed by atoms with van der Waals surface area (Å²) in [7, 11) is 7.61. The van der Waals surface area contributed by atoms with Gasteiger partial charge >= 0.3 is 0 Å². The lowest BCUT2D eigenvalue weighted by Gasteiger charge is -2.38. The first-order chi connectivity index (χ1) is 23.5. The Morgan fingerprint density at radius 3 is 0.646 bits per heavy atom. The van der Waals surface area contributed by atoms with Crippen LogP contribution in [-0.4, -0.2) is 102 Å². The van der Waals surface area contributed by atoms with Gasteiger partial charge in [-0.1, -0.05) is 0 Å². The molecule has 0 aromatic rings. The van der Waals surface area contributed by atoms with Gasteiger partial charge < -0.3 is 18.9 Å². The van der Waals surface area contributed by atoms with Crippen LogP contribution in [0.25, 0.3) is 0 Å². The van der Waals surface area contributed by atoms with Gasteiger partial charge in [0, 0.05) is 28.4 Å². The van der Waals surface area contributed by atoms with Gasteiger partial charge in [0.1, 0.15) is 0 Å². The highest BCUT2D eigenvalue weighted by Crippen LogP contribution is 2.46. The van der Waals surface area contributed by atoms with E-state index in [0.717, 1.165) is 51.4 Å². The molecule has 8 bridgehead atoms. The zero-order chi connectivity index (χ0) is 32.5. The van der Waals surface area contributed by atoms with Crippen molar-refractivity contribution in [2.24, 2.45) is 47.3 Å². The van der Waals surface area contributed by atoms with Crippen molar-refractivity contribution in [1.82, 2.24) is 42.5 Å². The van der Waals surface area contributed by atoms with Crippen molar-refractivity contribution in [3.8, 4) is 0 Å². The molecule has 0 aromatic heterocycles. The van der Waals surface area contributed by atoms with Crippen molar-refractivity contribution in [3.63, 3.8) is 0 Å². The third-order valence-electron chi connectivity index (χ3n) is 15.3. The standard InChI is InChI=1S/C36H64N8O4/c1-45-17-5-9-21-25(13-17)33-37-29(21)42-34-27-15-19(47-3)7-11-23(27)31(39-34)44-36-28-16-20(48-4)8-12-24(28)32(40-36)43-35-26-14-18(46-2)6-10-22(26)30(38-35)41-33/h17-44H,5-16H2,1-4H3. The van der Waals surface area contributed by atoms with Gasteiger partial charge in [-0.2, -0.15) is 0 Å². The highest BCUT2D eigenvalue weighted by Gasteiger charge is 2.56. The molecule has 272 valence electrons. The first-order valence-electron chi connectivity index (χ1n) is 19.7. The number of hydrogen-bond donors (Lipinski definition) is 8. The van der Waals surface area contributed by atoms with Gasteiger partial charge in [-0.3, -0.25) is 42.5 Å². The molecule has 0 radical (unpaired) electrons. The van der Waals surface area contributed by atoms with E-state index >= 15 is 0 Å². The number of nitrogens with one attached hydrogen (secondary N) is 8. The lowest BCUT2D eigenvalue weighted by molar-refractivity contribution is 0.0141. The maximum absolute atomic E-state index is 6.00. The van der Waals surface area contributed by atoms with E-state index in [2.05, 4.69) is 42.5 Å². The van der Waals surface area contributed by atoms with Crippen molar-refractivity contribution in [3.05, 3.63) is 0 Å². The van der Waals surface area contributed by atoms with E-state index in [1.54, 1.807) is 0 Å². The van der Waals surface area contributed by atoms with Gasteiger partial charge in [0.2, 0.25) is 0 Å². The Morgan fingerprint density at radius 2 is 0.458 bits per heavy atom. The highest BCUT2D eigenvalue weighted by molar-refractivity contribution is 5.09. The van der Waals surface area contributed by atoms with Crippen LogP contribution in [0, 0.1) is 47.3 Å². The summed E-state index contributed by atoms with van der Waals surface area (Å²) >= 11 is 0. The molecule has 8 N–H and O–H groups in total. The fourth-order valence-electron chi connectivity index (χ4n) is 12.7. The Balaban J connectivity index is 1.05. The van der Waals surface area contributed by atoms with Crippen molar-refractivity contribution in [2.75, 3.05) is 28.4 Å². The van der Waals surface area contributed by atoms with Crippen molar-refractivity contribution in [2.45, 2.75) is 151 Å². The molecule has 48 heavy (non-hydrogen) atoms. The molecule has 0 aromatic carbocycles. The van der Waals surface area contributed by atoms with Crippen LogP contribution in [-0.2, 0) is 18.9 Å². The molecule has 12 nitrogen and oxygen atoms in total. The Morgan fingerprint density at radius 1 is 0.271 bits per heavy atom. The molecule has 4 aliphatic carbocycles. The molecule has 9 fully saturated rings. The molecule has 5 heterocycles. The fraction of sp³-hybridized carbons (Fsp3) is 1.00. The second kappa shape index (κ2) is 13.8. The molecule has 5 saturated heterocycles. The van der Waals surface area contributed by atoms with Gasteiger partial charge in [0.05, 0.1) is 73.7 Å². The number of fused-ring (bicyclic) bond motifs is 20. The van der Waals surface area contributed by atoms with Crippen LogP contribution in [0.15, 0.2) is 0 Å². The Labute approximate surface area is 287 Å². The first kappa shape index (κ1) is 33.4. The summed E-state index contributed by atoms with van der Waals surface area (Å²) in [6.07, 6.45) is 17.1. The van der Waals surface area contributed by atoms with E-state index in [0.29, 0.717) is 71.8 Å². The van der Waals surface area contributed by atoms with E-state index in [-0.39, 0.29) is 49.3 Å². The third kappa shape index (κ3) is 5.91. The van der Waals surface area contributed by atoms with Gasteiger partial charge in [-0.25, -0.2) is 0 Å². The van der Waals surface area contributed by atoms with Crippen LogP contribution in [0.3, 0.4) is 0 Å². The van der Waals surface area contributed by atoms with Crippen LogP contribution in [0.2, 0.25) is 0 Å². The van der Waals surface area contributed by atoms with Gasteiger partial charge in [0.25, 0.3) is 0 Å². The minimum atomic E-state index is 0.238. The average Bonchev–Trinajstić information content (AvgIpc) is 3.85. The summed E-state index contributed by atoms with van der Waals surface area (Å²) in [5.41, 5.74) is 0. The summed E-state index contributed by atoms with van der Waals surface area (Å²) in [4.78, 5) is 0. The van der Waals surface area contributed by atoms with E-state index < -0.39 is 0 Å². The van der Waals surface area contributed by atoms with Crippen LogP contribution < -0.4 is 42.5 Å². The lowest BCUT2D eigenvalue weighted by atomic mass is 9.75. The summed E-state index contributed by atoms with van der Waals surface area (Å²) < 4.78 is 24.0. The molecule has 12 atom stereocenters. The molecule has 0 spiro atoms. The molecule has 9 rings (SSSR count). The van der Waals surface area contributed by atoms with Gasteiger partial charge in [-0.05, 0) is 124 Å². The van der Waals surface area contributed by atoms with E-state index in [1.165, 1.54) is 25.7 Å². The Kier molecular flexibility index (Phi) is 9.60. The van der Waals surface area contributed by atoms with E-state index in [9.17, 15) is 0 Å². The minimum Gasteiger partial charge on any atom is -0.381 e. The van der Waals surface area contributed by atoms with Crippen LogP contribution in [0.4, 0.5) is 0 Å². The summed E-state index contributed by atoms with van der Waals surface area (Å²) in [5.74, 6) is 4.38. The van der Waals surface area contributed by atoms with Crippen molar-refractivity contribution in [1.29, 1.82) is 0 Å². The minimum absolute atomic E-state index is 0.238. The van der Waals surface area contributed by atoms with Gasteiger partial charge in [-0.15, -0.1) is 0 Å². The molecular formula is C36H64N8O4. The number of rotatable bonds is 4. The van der Waals surface area contributed by atoms with Crippen LogP contribution in [0.1, 0.15) is 77.0 Å². The second-order valence-corrected chi connectivity index (χ2v) is 17.1. The maximum Gasteiger partial charge on any atom is 0.0629 e. The smallest absolute Gasteiger partial charge is 0.0629 e. The third-order valence-corrected chi connectivity index (χ3v) is 15.3. The second-order valence-electron chi connectivity index (χ2n) is 17.1. The van der Waals surface area contributed by atoms with Gasteiger partial charge in [0.15, 0.2) is 0 Å².